The molecule has 0 aromatic heterocycles. The number of nitrogens with two attached hydrogens (primary N) is 1. The highest BCUT2D eigenvalue weighted by molar-refractivity contribution is 6.30. The highest BCUT2D eigenvalue weighted by Gasteiger charge is 2.09. The molecule has 16 heavy (non-hydrogen) atoms. The molecule has 0 saturated carbocycles. The number of hydrogen-bond donors (Lipinski definition) is 2. The first kappa shape index (κ1) is 13.0. The Morgan fingerprint density at radius 3 is 2.81 bits per heavy atom. The first-order chi connectivity index (χ1) is 7.52. The van der Waals surface area contributed by atoms with E-state index < -0.39 is 0 Å². The van der Waals surface area contributed by atoms with Crippen LogP contribution in [-0.2, 0) is 4.79 Å². The van der Waals surface area contributed by atoms with Gasteiger partial charge in [-0.05, 0) is 37.1 Å². The molecule has 1 atom stereocenters. The zero-order valence-electron chi connectivity index (χ0n) is 9.59. The molecule has 0 spiro atoms. The standard InChI is InChI=1S/C12H17ClN2O/c1-3-10(14)7-12(16)15-11-5-4-9(13)6-8(11)2/h4-6,10H,3,7,14H2,1-2H3,(H,15,16). The maximum atomic E-state index is 11.6. The van der Waals surface area contributed by atoms with Crippen molar-refractivity contribution in [3.63, 3.8) is 0 Å². The van der Waals surface area contributed by atoms with E-state index in [1.54, 1.807) is 12.1 Å². The molecule has 3 N–H and O–H groups in total. The van der Waals surface area contributed by atoms with Crippen LogP contribution in [-0.4, -0.2) is 11.9 Å². The van der Waals surface area contributed by atoms with Crippen LogP contribution in [0.3, 0.4) is 0 Å². The second kappa shape index (κ2) is 5.87. The minimum atomic E-state index is -0.0763. The Bertz CT molecular complexity index is 379. The number of benzene rings is 1. The number of halogens is 1. The van der Waals surface area contributed by atoms with E-state index in [9.17, 15) is 4.79 Å². The predicted octanol–water partition coefficient (Wildman–Crippen LogP) is 2.71. The van der Waals surface area contributed by atoms with Crippen molar-refractivity contribution in [2.45, 2.75) is 32.7 Å². The van der Waals surface area contributed by atoms with Crippen LogP contribution in [0.15, 0.2) is 18.2 Å². The molecular formula is C12H17ClN2O. The third-order valence-electron chi connectivity index (χ3n) is 2.43. The van der Waals surface area contributed by atoms with Crippen LogP contribution < -0.4 is 11.1 Å². The lowest BCUT2D eigenvalue weighted by Crippen LogP contribution is -2.26. The SMILES string of the molecule is CCC(N)CC(=O)Nc1ccc(Cl)cc1C. The fourth-order valence-electron chi connectivity index (χ4n) is 1.35. The maximum Gasteiger partial charge on any atom is 0.225 e. The van der Waals surface area contributed by atoms with Gasteiger partial charge in [0.15, 0.2) is 0 Å². The summed E-state index contributed by atoms with van der Waals surface area (Å²) in [5, 5.41) is 3.49. The monoisotopic (exact) mass is 240 g/mol. The van der Waals surface area contributed by atoms with Gasteiger partial charge in [0.05, 0.1) is 0 Å². The van der Waals surface area contributed by atoms with Gasteiger partial charge in [0.25, 0.3) is 0 Å². The molecule has 0 bridgehead atoms. The van der Waals surface area contributed by atoms with Crippen LogP contribution in [0.5, 0.6) is 0 Å². The molecular weight excluding hydrogens is 224 g/mol. The first-order valence-corrected chi connectivity index (χ1v) is 5.72. The lowest BCUT2D eigenvalue weighted by atomic mass is 10.1. The molecule has 1 aromatic carbocycles. The lowest BCUT2D eigenvalue weighted by Gasteiger charge is -2.11. The van der Waals surface area contributed by atoms with Gasteiger partial charge in [-0.1, -0.05) is 18.5 Å². The van der Waals surface area contributed by atoms with E-state index >= 15 is 0 Å². The maximum absolute atomic E-state index is 11.6. The van der Waals surface area contributed by atoms with Gasteiger partial charge in [-0.15, -0.1) is 0 Å². The smallest absolute Gasteiger partial charge is 0.225 e. The molecule has 0 saturated heterocycles. The van der Waals surface area contributed by atoms with Gasteiger partial charge in [-0.2, -0.15) is 0 Å². The molecule has 0 fully saturated rings. The predicted molar refractivity (Wildman–Crippen MR) is 67.7 cm³/mol. The van der Waals surface area contributed by atoms with Gasteiger partial charge in [-0.25, -0.2) is 0 Å². The largest absolute Gasteiger partial charge is 0.327 e. The van der Waals surface area contributed by atoms with E-state index in [-0.39, 0.29) is 11.9 Å². The lowest BCUT2D eigenvalue weighted by molar-refractivity contribution is -0.116. The van der Waals surface area contributed by atoms with Crippen molar-refractivity contribution in [3.8, 4) is 0 Å². The van der Waals surface area contributed by atoms with Gasteiger partial charge < -0.3 is 11.1 Å². The third-order valence-corrected chi connectivity index (χ3v) is 2.67. The summed E-state index contributed by atoms with van der Waals surface area (Å²) in [5.41, 5.74) is 7.45. The minimum absolute atomic E-state index is 0.0558. The van der Waals surface area contributed by atoms with Crippen LogP contribution in [0, 0.1) is 6.92 Å². The molecule has 0 aliphatic rings. The van der Waals surface area contributed by atoms with Crippen molar-refractivity contribution < 1.29 is 4.79 Å². The van der Waals surface area contributed by atoms with Gasteiger partial charge in [0, 0.05) is 23.2 Å². The number of carbonyl (C=O) groups is 1. The molecule has 3 nitrogen and oxygen atoms in total. The number of anilines is 1. The summed E-state index contributed by atoms with van der Waals surface area (Å²) in [6.45, 7) is 3.87. The molecule has 1 unspecified atom stereocenters. The van der Waals surface area contributed by atoms with Gasteiger partial charge >= 0.3 is 0 Å². The number of hydrogen-bond acceptors (Lipinski definition) is 2. The van der Waals surface area contributed by atoms with Crippen LogP contribution in [0.4, 0.5) is 5.69 Å². The summed E-state index contributed by atoms with van der Waals surface area (Å²) in [7, 11) is 0. The first-order valence-electron chi connectivity index (χ1n) is 5.34. The molecule has 0 radical (unpaired) electrons. The fourth-order valence-corrected chi connectivity index (χ4v) is 1.58. The topological polar surface area (TPSA) is 55.1 Å². The summed E-state index contributed by atoms with van der Waals surface area (Å²) in [6, 6.07) is 5.29. The molecule has 1 aromatic rings. The number of carbonyl (C=O) groups excluding carboxylic acids is 1. The normalized spacial score (nSPS) is 12.2. The molecule has 0 aliphatic heterocycles. The van der Waals surface area contributed by atoms with Crippen LogP contribution in [0.2, 0.25) is 5.02 Å². The van der Waals surface area contributed by atoms with Crippen LogP contribution in [0.1, 0.15) is 25.3 Å². The Morgan fingerprint density at radius 1 is 1.56 bits per heavy atom. The average molecular weight is 241 g/mol. The Hall–Kier alpha value is -1.06. The van der Waals surface area contributed by atoms with Crippen molar-refractivity contribution in [1.82, 2.24) is 0 Å². The van der Waals surface area contributed by atoms with E-state index in [1.807, 2.05) is 19.9 Å². The van der Waals surface area contributed by atoms with E-state index in [4.69, 9.17) is 17.3 Å². The van der Waals surface area contributed by atoms with Crippen molar-refractivity contribution in [1.29, 1.82) is 0 Å². The van der Waals surface area contributed by atoms with Crippen LogP contribution >= 0.6 is 11.6 Å². The minimum Gasteiger partial charge on any atom is -0.327 e. The van der Waals surface area contributed by atoms with Crippen molar-refractivity contribution in [2.75, 3.05) is 5.32 Å². The summed E-state index contributed by atoms with van der Waals surface area (Å²) in [5.74, 6) is -0.0558. The average Bonchev–Trinajstić information content (AvgIpc) is 2.22. The molecule has 1 amide bonds. The highest BCUT2D eigenvalue weighted by atomic mass is 35.5. The Kier molecular flexibility index (Phi) is 4.77. The van der Waals surface area contributed by atoms with E-state index in [0.717, 1.165) is 17.7 Å². The Balaban J connectivity index is 2.63. The zero-order valence-corrected chi connectivity index (χ0v) is 10.3. The summed E-state index contributed by atoms with van der Waals surface area (Å²) >= 11 is 5.83. The highest BCUT2D eigenvalue weighted by Crippen LogP contribution is 2.19. The van der Waals surface area contributed by atoms with Gasteiger partial charge in [-0.3, -0.25) is 4.79 Å². The van der Waals surface area contributed by atoms with Gasteiger partial charge in [0.1, 0.15) is 0 Å². The second-order valence-electron chi connectivity index (χ2n) is 3.88. The number of rotatable bonds is 4. The molecule has 4 heteroatoms. The summed E-state index contributed by atoms with van der Waals surface area (Å²) < 4.78 is 0. The Labute approximate surface area is 101 Å². The van der Waals surface area contributed by atoms with Crippen molar-refractivity contribution >= 4 is 23.2 Å². The summed E-state index contributed by atoms with van der Waals surface area (Å²) in [4.78, 5) is 11.6. The van der Waals surface area contributed by atoms with Gasteiger partial charge in [0.2, 0.25) is 5.91 Å². The molecule has 0 aliphatic carbocycles. The molecule has 88 valence electrons. The van der Waals surface area contributed by atoms with E-state index in [2.05, 4.69) is 5.32 Å². The summed E-state index contributed by atoms with van der Waals surface area (Å²) in [6.07, 6.45) is 1.14. The zero-order chi connectivity index (χ0) is 12.1. The molecule has 1 rings (SSSR count). The Morgan fingerprint density at radius 2 is 2.25 bits per heavy atom. The second-order valence-corrected chi connectivity index (χ2v) is 4.32. The number of aryl methyl sites for hydroxylation is 1. The van der Waals surface area contributed by atoms with Crippen LogP contribution in [0.25, 0.3) is 0 Å². The van der Waals surface area contributed by atoms with E-state index in [0.29, 0.717) is 11.4 Å². The third kappa shape index (κ3) is 3.83. The quantitative estimate of drug-likeness (QED) is 0.850. The van der Waals surface area contributed by atoms with Crippen molar-refractivity contribution in [2.24, 2.45) is 5.73 Å². The number of nitrogens with one attached hydrogen (secondary N) is 1. The fraction of sp³-hybridized carbons (Fsp3) is 0.417. The molecule has 0 heterocycles. The van der Waals surface area contributed by atoms with E-state index in [1.165, 1.54) is 0 Å². The number of amides is 1. The van der Waals surface area contributed by atoms with Crippen molar-refractivity contribution in [3.05, 3.63) is 28.8 Å².